The molecule has 0 fully saturated rings. The first-order chi connectivity index (χ1) is 14.3. The number of rotatable bonds is 11. The molecule has 0 aliphatic rings. The molecule has 3 rings (SSSR count). The van der Waals surface area contributed by atoms with Crippen LogP contribution in [0.3, 0.4) is 0 Å². The van der Waals surface area contributed by atoms with E-state index in [4.69, 9.17) is 9.15 Å². The number of aryl methyl sites for hydroxylation is 1. The fourth-order valence-corrected chi connectivity index (χ4v) is 2.83. The van der Waals surface area contributed by atoms with E-state index in [1.54, 1.807) is 19.6 Å². The van der Waals surface area contributed by atoms with Crippen molar-refractivity contribution in [2.24, 2.45) is 4.99 Å². The van der Waals surface area contributed by atoms with E-state index in [2.05, 4.69) is 38.1 Å². The Morgan fingerprint density at radius 3 is 2.66 bits per heavy atom. The van der Waals surface area contributed by atoms with Crippen LogP contribution in [0.2, 0.25) is 0 Å². The fourth-order valence-electron chi connectivity index (χ4n) is 2.83. The average molecular weight is 396 g/mol. The second-order valence-corrected chi connectivity index (χ2v) is 6.53. The van der Waals surface area contributed by atoms with E-state index in [0.717, 1.165) is 56.4 Å². The minimum atomic E-state index is 0.707. The summed E-state index contributed by atoms with van der Waals surface area (Å²) in [6.45, 7) is 3.06. The monoisotopic (exact) mass is 396 g/mol. The lowest BCUT2D eigenvalue weighted by Crippen LogP contribution is -2.39. The van der Waals surface area contributed by atoms with Crippen molar-refractivity contribution in [2.75, 3.05) is 26.7 Å². The predicted molar refractivity (Wildman–Crippen MR) is 112 cm³/mol. The highest BCUT2D eigenvalue weighted by Crippen LogP contribution is 2.11. The Morgan fingerprint density at radius 1 is 1.14 bits per heavy atom. The van der Waals surface area contributed by atoms with E-state index in [9.17, 15) is 0 Å². The second-order valence-electron chi connectivity index (χ2n) is 6.53. The molecule has 0 aliphatic carbocycles. The smallest absolute Gasteiger partial charge is 0.191 e. The van der Waals surface area contributed by atoms with Crippen molar-refractivity contribution in [2.45, 2.75) is 25.8 Å². The maximum Gasteiger partial charge on any atom is 0.191 e. The van der Waals surface area contributed by atoms with E-state index in [-0.39, 0.29) is 0 Å². The van der Waals surface area contributed by atoms with Gasteiger partial charge in [-0.3, -0.25) is 9.67 Å². The highest BCUT2D eigenvalue weighted by Gasteiger charge is 2.02. The molecule has 0 bridgehead atoms. The number of ether oxygens (including phenoxy) is 1. The Morgan fingerprint density at radius 2 is 1.97 bits per heavy atom. The van der Waals surface area contributed by atoms with Crippen LogP contribution in [-0.4, -0.2) is 47.7 Å². The summed E-state index contributed by atoms with van der Waals surface area (Å²) in [4.78, 5) is 4.68. The van der Waals surface area contributed by atoms with Gasteiger partial charge >= 0.3 is 0 Å². The van der Waals surface area contributed by atoms with Crippen LogP contribution in [0, 0.1) is 0 Å². The van der Waals surface area contributed by atoms with Gasteiger partial charge in [0, 0.05) is 38.8 Å². The summed E-state index contributed by atoms with van der Waals surface area (Å²) in [5.74, 6) is 2.64. The van der Waals surface area contributed by atoms with Gasteiger partial charge in [0.2, 0.25) is 0 Å². The van der Waals surface area contributed by atoms with E-state index >= 15 is 0 Å². The summed E-state index contributed by atoms with van der Waals surface area (Å²) in [5, 5.41) is 14.6. The normalized spacial score (nSPS) is 11.4. The van der Waals surface area contributed by atoms with Crippen molar-refractivity contribution < 1.29 is 9.15 Å². The molecule has 2 aromatic heterocycles. The molecule has 29 heavy (non-hydrogen) atoms. The molecule has 2 heterocycles. The van der Waals surface area contributed by atoms with Crippen LogP contribution in [0.4, 0.5) is 0 Å². The van der Waals surface area contributed by atoms with Gasteiger partial charge in [-0.05, 0) is 42.7 Å². The van der Waals surface area contributed by atoms with E-state index in [1.165, 1.54) is 5.56 Å². The van der Waals surface area contributed by atoms with Crippen molar-refractivity contribution in [1.29, 1.82) is 0 Å². The molecule has 0 atom stereocenters. The Balaban J connectivity index is 1.45. The molecule has 0 saturated heterocycles. The summed E-state index contributed by atoms with van der Waals surface area (Å²) in [5.41, 5.74) is 1.25. The van der Waals surface area contributed by atoms with Gasteiger partial charge in [-0.25, -0.2) is 0 Å². The first-order valence-electron chi connectivity index (χ1n) is 9.85. The molecule has 1 aromatic carbocycles. The number of nitrogens with zero attached hydrogens (tertiary/aromatic N) is 4. The summed E-state index contributed by atoms with van der Waals surface area (Å²) < 4.78 is 12.4. The van der Waals surface area contributed by atoms with E-state index < -0.39 is 0 Å². The first kappa shape index (κ1) is 20.4. The molecule has 0 spiro atoms. The quantitative estimate of drug-likeness (QED) is 0.294. The zero-order chi connectivity index (χ0) is 20.2. The molecule has 0 unspecified atom stereocenters. The first-order valence-corrected chi connectivity index (χ1v) is 9.85. The molecular formula is C21H28N6O2. The molecule has 0 amide bonds. The number of nitrogens with one attached hydrogen (secondary N) is 2. The maximum absolute atomic E-state index is 5.39. The molecule has 8 heteroatoms. The highest BCUT2D eigenvalue weighted by molar-refractivity contribution is 5.79. The minimum absolute atomic E-state index is 0.707. The average Bonchev–Trinajstić information content (AvgIpc) is 3.45. The highest BCUT2D eigenvalue weighted by atomic mass is 16.5. The summed E-state index contributed by atoms with van der Waals surface area (Å²) in [7, 11) is 1.68. The van der Waals surface area contributed by atoms with Gasteiger partial charge in [0.15, 0.2) is 5.96 Å². The lowest BCUT2D eigenvalue weighted by atomic mass is 10.1. The van der Waals surface area contributed by atoms with Crippen LogP contribution in [0.25, 0.3) is 0 Å². The summed E-state index contributed by atoms with van der Waals surface area (Å²) in [6.07, 6.45) is 7.85. The Bertz CT molecular complexity index is 829. The zero-order valence-corrected chi connectivity index (χ0v) is 16.8. The minimum Gasteiger partial charge on any atom is -0.497 e. The SMILES string of the molecule is COc1ccc(CCNC(=NCCCn2ccnn2)NCCc2ccco2)cc1. The Labute approximate surface area is 171 Å². The number of aromatic nitrogens is 3. The molecule has 8 nitrogen and oxygen atoms in total. The van der Waals surface area contributed by atoms with Gasteiger partial charge in [-0.1, -0.05) is 17.3 Å². The molecule has 0 radical (unpaired) electrons. The number of methoxy groups -OCH3 is 1. The number of hydrogen-bond acceptors (Lipinski definition) is 5. The van der Waals surface area contributed by atoms with Crippen LogP contribution < -0.4 is 15.4 Å². The number of benzene rings is 1. The second kappa shape index (κ2) is 11.5. The van der Waals surface area contributed by atoms with Crippen LogP contribution >= 0.6 is 0 Å². The topological polar surface area (TPSA) is 89.5 Å². The third-order valence-corrected chi connectivity index (χ3v) is 4.40. The third-order valence-electron chi connectivity index (χ3n) is 4.40. The molecule has 0 aliphatic heterocycles. The fraction of sp³-hybridized carbons (Fsp3) is 0.381. The van der Waals surface area contributed by atoms with Crippen LogP contribution in [0.1, 0.15) is 17.7 Å². The van der Waals surface area contributed by atoms with Gasteiger partial charge in [0.1, 0.15) is 11.5 Å². The third kappa shape index (κ3) is 7.33. The lowest BCUT2D eigenvalue weighted by molar-refractivity contribution is 0.414. The Hall–Kier alpha value is -3.29. The Kier molecular flexibility index (Phi) is 8.13. The van der Waals surface area contributed by atoms with Crippen LogP contribution in [-0.2, 0) is 19.4 Å². The number of guanidine groups is 1. The van der Waals surface area contributed by atoms with Crippen LogP contribution in [0.5, 0.6) is 5.75 Å². The maximum atomic E-state index is 5.39. The van der Waals surface area contributed by atoms with Crippen molar-refractivity contribution >= 4 is 5.96 Å². The zero-order valence-electron chi connectivity index (χ0n) is 16.8. The van der Waals surface area contributed by atoms with Gasteiger partial charge in [0.25, 0.3) is 0 Å². The van der Waals surface area contributed by atoms with Crippen molar-refractivity contribution in [1.82, 2.24) is 25.6 Å². The number of aliphatic imine (C=N–C) groups is 1. The van der Waals surface area contributed by atoms with Crippen molar-refractivity contribution in [3.05, 3.63) is 66.4 Å². The van der Waals surface area contributed by atoms with Crippen LogP contribution in [0.15, 0.2) is 64.5 Å². The van der Waals surface area contributed by atoms with Gasteiger partial charge in [-0.2, -0.15) is 0 Å². The molecule has 3 aromatic rings. The largest absolute Gasteiger partial charge is 0.497 e. The molecular weight excluding hydrogens is 368 g/mol. The van der Waals surface area contributed by atoms with Crippen molar-refractivity contribution in [3.8, 4) is 5.75 Å². The molecule has 154 valence electrons. The standard InChI is InChI=1S/C21H28N6O2/c1-28-19-7-5-18(6-8-19)9-12-23-21(24-13-10-20-4-2-17-29-20)22-11-3-15-27-16-14-25-26-27/h2,4-8,14,16-17H,3,9-13,15H2,1H3,(H2,22,23,24). The molecule has 0 saturated carbocycles. The lowest BCUT2D eigenvalue weighted by Gasteiger charge is -2.12. The van der Waals surface area contributed by atoms with Gasteiger partial charge in [0.05, 0.1) is 19.6 Å². The van der Waals surface area contributed by atoms with E-state index in [1.807, 2.05) is 35.1 Å². The number of hydrogen-bond donors (Lipinski definition) is 2. The predicted octanol–water partition coefficient (Wildman–Crippen LogP) is 2.29. The van der Waals surface area contributed by atoms with E-state index in [0.29, 0.717) is 6.54 Å². The van der Waals surface area contributed by atoms with Gasteiger partial charge < -0.3 is 19.8 Å². The van der Waals surface area contributed by atoms with Crippen molar-refractivity contribution in [3.63, 3.8) is 0 Å². The molecule has 2 N–H and O–H groups in total. The van der Waals surface area contributed by atoms with Gasteiger partial charge in [-0.15, -0.1) is 5.10 Å². The number of furan rings is 1. The summed E-state index contributed by atoms with van der Waals surface area (Å²) in [6, 6.07) is 12.0. The summed E-state index contributed by atoms with van der Waals surface area (Å²) >= 11 is 0.